The van der Waals surface area contributed by atoms with Gasteiger partial charge in [-0.1, -0.05) is 49.4 Å². The summed E-state index contributed by atoms with van der Waals surface area (Å²) < 4.78 is 30.6. The predicted molar refractivity (Wildman–Crippen MR) is 124 cm³/mol. The van der Waals surface area contributed by atoms with Gasteiger partial charge in [-0.15, -0.1) is 0 Å². The lowest BCUT2D eigenvalue weighted by Gasteiger charge is -2.44. The van der Waals surface area contributed by atoms with Gasteiger partial charge in [-0.05, 0) is 38.1 Å². The maximum atomic E-state index is 13.8. The number of carbonyl (C=O) groups is 1. The van der Waals surface area contributed by atoms with Crippen LogP contribution in [0, 0.1) is 0 Å². The number of piperazine rings is 1. The first kappa shape index (κ1) is 23.4. The van der Waals surface area contributed by atoms with Crippen molar-refractivity contribution in [3.63, 3.8) is 0 Å². The number of hydrogen-bond donors (Lipinski definition) is 1. The molecule has 2 N–H and O–H groups in total. The minimum absolute atomic E-state index is 0.0516. The number of likely N-dealkylation sites (N-methyl/N-ethyl adjacent to an activating group) is 1. The minimum Gasteiger partial charge on any atom is -0.324 e. The van der Waals surface area contributed by atoms with Crippen LogP contribution in [0.1, 0.15) is 36.7 Å². The topological polar surface area (TPSA) is 87.0 Å². The van der Waals surface area contributed by atoms with E-state index in [1.54, 1.807) is 40.7 Å². The highest BCUT2D eigenvalue weighted by molar-refractivity contribution is 7.90. The molecule has 0 radical (unpaired) electrons. The Labute approximate surface area is 185 Å². The Kier molecular flexibility index (Phi) is 7.48. The fourth-order valence-electron chi connectivity index (χ4n) is 4.24. The maximum Gasteiger partial charge on any atom is 0.304 e. The molecule has 1 aliphatic rings. The molecule has 2 atom stereocenters. The number of carbonyl (C=O) groups excluding carboxylic acids is 1. The molecule has 1 aliphatic heterocycles. The molecule has 1 fully saturated rings. The van der Waals surface area contributed by atoms with Crippen LogP contribution in [0.3, 0.4) is 0 Å². The standard InChI is InChI=1S/C23H32N4O3S/c1-4-26-18(2)15-25(16-19(26)3)31(29,30)27(22-8-6-5-7-9-22)17-20-10-12-21(13-11-20)23(28)14-24/h5-13,18-19H,4,14-17,24H2,1-3H3/t18-,19+. The number of ketones is 1. The summed E-state index contributed by atoms with van der Waals surface area (Å²) in [6.45, 7) is 8.17. The lowest BCUT2D eigenvalue weighted by molar-refractivity contribution is 0.0827. The van der Waals surface area contributed by atoms with Gasteiger partial charge in [0, 0.05) is 30.7 Å². The van der Waals surface area contributed by atoms with Crippen LogP contribution >= 0.6 is 0 Å². The van der Waals surface area contributed by atoms with Gasteiger partial charge in [0.2, 0.25) is 0 Å². The molecule has 3 rings (SSSR count). The van der Waals surface area contributed by atoms with E-state index in [4.69, 9.17) is 5.73 Å². The Morgan fingerprint density at radius 3 is 2.13 bits per heavy atom. The summed E-state index contributed by atoms with van der Waals surface area (Å²) in [5.74, 6) is -0.143. The van der Waals surface area contributed by atoms with Crippen LogP contribution in [0.2, 0.25) is 0 Å². The van der Waals surface area contributed by atoms with E-state index in [0.29, 0.717) is 24.3 Å². The largest absolute Gasteiger partial charge is 0.324 e. The fraction of sp³-hybridized carbons (Fsp3) is 0.435. The highest BCUT2D eigenvalue weighted by Gasteiger charge is 2.38. The van der Waals surface area contributed by atoms with Crippen molar-refractivity contribution >= 4 is 21.7 Å². The third kappa shape index (κ3) is 5.15. The molecule has 1 saturated heterocycles. The lowest BCUT2D eigenvalue weighted by atomic mass is 10.1. The minimum atomic E-state index is -3.75. The van der Waals surface area contributed by atoms with E-state index >= 15 is 0 Å². The second kappa shape index (κ2) is 9.91. The molecule has 0 aromatic heterocycles. The Morgan fingerprint density at radius 1 is 1.03 bits per heavy atom. The number of Topliss-reactive ketones (excluding diaryl/α,β-unsaturated/α-hetero) is 1. The molecule has 0 saturated carbocycles. The van der Waals surface area contributed by atoms with E-state index in [0.717, 1.165) is 12.1 Å². The molecule has 1 heterocycles. The first-order valence-electron chi connectivity index (χ1n) is 10.7. The zero-order chi connectivity index (χ0) is 22.6. The molecule has 2 aromatic carbocycles. The summed E-state index contributed by atoms with van der Waals surface area (Å²) in [6.07, 6.45) is 0. The van der Waals surface area contributed by atoms with Crippen LogP contribution in [0.4, 0.5) is 5.69 Å². The van der Waals surface area contributed by atoms with Crippen LogP contribution in [0.5, 0.6) is 0 Å². The third-order valence-electron chi connectivity index (χ3n) is 5.87. The maximum absolute atomic E-state index is 13.8. The molecule has 168 valence electrons. The van der Waals surface area contributed by atoms with Gasteiger partial charge >= 0.3 is 10.2 Å². The van der Waals surface area contributed by atoms with E-state index in [9.17, 15) is 13.2 Å². The molecule has 0 amide bonds. The van der Waals surface area contributed by atoms with Crippen molar-refractivity contribution in [2.45, 2.75) is 39.4 Å². The quantitative estimate of drug-likeness (QED) is 0.632. The van der Waals surface area contributed by atoms with E-state index in [2.05, 4.69) is 25.7 Å². The number of nitrogens with zero attached hydrogens (tertiary/aromatic N) is 3. The number of benzene rings is 2. The zero-order valence-corrected chi connectivity index (χ0v) is 19.3. The summed E-state index contributed by atoms with van der Waals surface area (Å²) in [6, 6.07) is 16.4. The van der Waals surface area contributed by atoms with Crippen molar-refractivity contribution in [2.24, 2.45) is 5.73 Å². The monoisotopic (exact) mass is 444 g/mol. The van der Waals surface area contributed by atoms with Gasteiger partial charge in [0.05, 0.1) is 18.8 Å². The smallest absolute Gasteiger partial charge is 0.304 e. The van der Waals surface area contributed by atoms with Crippen molar-refractivity contribution in [3.05, 3.63) is 65.7 Å². The summed E-state index contributed by atoms with van der Waals surface area (Å²) in [7, 11) is -3.75. The molecule has 31 heavy (non-hydrogen) atoms. The van der Waals surface area contributed by atoms with E-state index in [1.807, 2.05) is 18.2 Å². The van der Waals surface area contributed by atoms with Crippen molar-refractivity contribution < 1.29 is 13.2 Å². The Morgan fingerprint density at radius 2 is 1.61 bits per heavy atom. The van der Waals surface area contributed by atoms with Crippen molar-refractivity contribution in [1.82, 2.24) is 9.21 Å². The van der Waals surface area contributed by atoms with E-state index in [1.165, 1.54) is 4.31 Å². The second-order valence-corrected chi connectivity index (χ2v) is 9.87. The van der Waals surface area contributed by atoms with E-state index < -0.39 is 10.2 Å². The van der Waals surface area contributed by atoms with Gasteiger partial charge in [-0.3, -0.25) is 14.0 Å². The fourth-order valence-corrected chi connectivity index (χ4v) is 6.03. The van der Waals surface area contributed by atoms with Gasteiger partial charge < -0.3 is 5.73 Å². The summed E-state index contributed by atoms with van der Waals surface area (Å²) in [5.41, 5.74) is 7.38. The average molecular weight is 445 g/mol. The zero-order valence-electron chi connectivity index (χ0n) is 18.4. The molecular formula is C23H32N4O3S. The lowest BCUT2D eigenvalue weighted by Crippen LogP contribution is -2.60. The van der Waals surface area contributed by atoms with Crippen molar-refractivity contribution in [3.8, 4) is 0 Å². The highest BCUT2D eigenvalue weighted by atomic mass is 32.2. The van der Waals surface area contributed by atoms with Crippen molar-refractivity contribution in [1.29, 1.82) is 0 Å². The number of para-hydroxylation sites is 1. The van der Waals surface area contributed by atoms with Crippen LogP contribution in [-0.2, 0) is 16.8 Å². The highest BCUT2D eigenvalue weighted by Crippen LogP contribution is 2.26. The van der Waals surface area contributed by atoms with Gasteiger partial charge in [-0.2, -0.15) is 12.7 Å². The molecular weight excluding hydrogens is 412 g/mol. The summed E-state index contributed by atoms with van der Waals surface area (Å²) in [5, 5.41) is 0. The van der Waals surface area contributed by atoms with Crippen LogP contribution in [0.25, 0.3) is 0 Å². The number of anilines is 1. The van der Waals surface area contributed by atoms with Gasteiger partial charge in [0.25, 0.3) is 0 Å². The van der Waals surface area contributed by atoms with Gasteiger partial charge in [0.15, 0.2) is 5.78 Å². The summed E-state index contributed by atoms with van der Waals surface area (Å²) in [4.78, 5) is 14.1. The number of hydrogen-bond acceptors (Lipinski definition) is 5. The van der Waals surface area contributed by atoms with Crippen LogP contribution in [-0.4, -0.2) is 61.7 Å². The number of nitrogens with two attached hydrogens (primary N) is 1. The molecule has 8 heteroatoms. The Balaban J connectivity index is 1.91. The molecule has 0 bridgehead atoms. The van der Waals surface area contributed by atoms with Crippen LogP contribution < -0.4 is 10.0 Å². The average Bonchev–Trinajstić information content (AvgIpc) is 2.77. The molecule has 2 aromatic rings. The van der Waals surface area contributed by atoms with Gasteiger partial charge in [0.1, 0.15) is 0 Å². The molecule has 7 nitrogen and oxygen atoms in total. The van der Waals surface area contributed by atoms with Crippen LogP contribution in [0.15, 0.2) is 54.6 Å². The van der Waals surface area contributed by atoms with Gasteiger partial charge in [-0.25, -0.2) is 0 Å². The predicted octanol–water partition coefficient (Wildman–Crippen LogP) is 2.49. The number of rotatable bonds is 8. The molecule has 0 spiro atoms. The summed E-state index contributed by atoms with van der Waals surface area (Å²) >= 11 is 0. The van der Waals surface area contributed by atoms with Crippen molar-refractivity contribution in [2.75, 3.05) is 30.5 Å². The third-order valence-corrected chi connectivity index (χ3v) is 7.72. The Hall–Kier alpha value is -2.26. The molecule has 0 unspecified atom stereocenters. The first-order chi connectivity index (χ1) is 14.8. The SMILES string of the molecule is CCN1[C@H](C)CN(S(=O)(=O)N(Cc2ccc(C(=O)CN)cc2)c2ccccc2)C[C@@H]1C. The normalized spacial score (nSPS) is 20.5. The molecule has 0 aliphatic carbocycles. The first-order valence-corrected chi connectivity index (χ1v) is 12.1. The van der Waals surface area contributed by atoms with E-state index in [-0.39, 0.29) is 31.0 Å². The Bertz CT molecular complexity index is 968. The second-order valence-electron chi connectivity index (χ2n) is 8.02.